The minimum atomic E-state index is 0.645. The summed E-state index contributed by atoms with van der Waals surface area (Å²) in [6, 6.07) is 0. The predicted octanol–water partition coefficient (Wildman–Crippen LogP) is 1.10. The number of imidazole rings is 1. The van der Waals surface area contributed by atoms with E-state index in [0.717, 1.165) is 11.3 Å². The summed E-state index contributed by atoms with van der Waals surface area (Å²) in [5, 5.41) is 3.65. The van der Waals surface area contributed by atoms with Gasteiger partial charge in [0.15, 0.2) is 5.65 Å². The fourth-order valence-electron chi connectivity index (χ4n) is 1.21. The highest BCUT2D eigenvalue weighted by molar-refractivity contribution is 6.30. The Bertz CT molecular complexity index is 423. The largest absolute Gasteiger partial charge is 0.314 e. The van der Waals surface area contributed by atoms with Crippen LogP contribution in [0.25, 0.3) is 5.65 Å². The van der Waals surface area contributed by atoms with E-state index < -0.39 is 0 Å². The van der Waals surface area contributed by atoms with Gasteiger partial charge in [0.05, 0.1) is 11.9 Å². The van der Waals surface area contributed by atoms with Crippen LogP contribution in [0.5, 0.6) is 0 Å². The zero-order valence-corrected chi connectivity index (χ0v) is 7.91. The summed E-state index contributed by atoms with van der Waals surface area (Å²) in [4.78, 5) is 8.27. The molecule has 2 aromatic rings. The second-order valence-corrected chi connectivity index (χ2v) is 3.04. The minimum absolute atomic E-state index is 0.645. The zero-order chi connectivity index (χ0) is 9.26. The number of nitrogens with one attached hydrogen (secondary N) is 1. The third-order valence-electron chi connectivity index (χ3n) is 1.78. The molecule has 4 nitrogen and oxygen atoms in total. The van der Waals surface area contributed by atoms with E-state index in [1.807, 2.05) is 7.05 Å². The molecule has 68 valence electrons. The lowest BCUT2D eigenvalue weighted by Gasteiger charge is -1.94. The zero-order valence-electron chi connectivity index (χ0n) is 7.16. The average molecular weight is 197 g/mol. The highest BCUT2D eigenvalue weighted by atomic mass is 35.5. The lowest BCUT2D eigenvalue weighted by Crippen LogP contribution is -2.05. The van der Waals surface area contributed by atoms with Gasteiger partial charge in [0.25, 0.3) is 0 Å². The first kappa shape index (κ1) is 8.47. The predicted molar refractivity (Wildman–Crippen MR) is 50.8 cm³/mol. The number of hydrogen-bond acceptors (Lipinski definition) is 3. The van der Waals surface area contributed by atoms with Crippen LogP contribution in [-0.4, -0.2) is 21.4 Å². The van der Waals surface area contributed by atoms with Crippen molar-refractivity contribution in [3.05, 3.63) is 29.4 Å². The Morgan fingerprint density at radius 2 is 2.46 bits per heavy atom. The van der Waals surface area contributed by atoms with E-state index in [1.54, 1.807) is 23.0 Å². The van der Waals surface area contributed by atoms with Crippen LogP contribution >= 0.6 is 11.6 Å². The Morgan fingerprint density at radius 3 is 3.15 bits per heavy atom. The topological polar surface area (TPSA) is 42.2 Å². The maximum absolute atomic E-state index is 6.07. The maximum Gasteiger partial charge on any atom is 0.156 e. The van der Waals surface area contributed by atoms with Gasteiger partial charge in [-0.2, -0.15) is 0 Å². The molecule has 5 heteroatoms. The van der Waals surface area contributed by atoms with E-state index in [9.17, 15) is 0 Å². The van der Waals surface area contributed by atoms with E-state index in [0.29, 0.717) is 11.7 Å². The number of nitrogens with zero attached hydrogens (tertiary/aromatic N) is 3. The minimum Gasteiger partial charge on any atom is -0.314 e. The van der Waals surface area contributed by atoms with Gasteiger partial charge in [-0.3, -0.25) is 9.38 Å². The van der Waals surface area contributed by atoms with Crippen LogP contribution in [0, 0.1) is 0 Å². The lowest BCUT2D eigenvalue weighted by atomic mass is 10.5. The molecular weight excluding hydrogens is 188 g/mol. The average Bonchev–Trinajstić information content (AvgIpc) is 2.46. The van der Waals surface area contributed by atoms with E-state index in [1.165, 1.54) is 0 Å². The van der Waals surface area contributed by atoms with Crippen LogP contribution < -0.4 is 5.32 Å². The fraction of sp³-hybridized carbons (Fsp3) is 0.250. The Morgan fingerprint density at radius 1 is 1.62 bits per heavy atom. The molecule has 0 spiro atoms. The van der Waals surface area contributed by atoms with Crippen molar-refractivity contribution in [2.75, 3.05) is 7.05 Å². The van der Waals surface area contributed by atoms with Gasteiger partial charge in [-0.15, -0.1) is 0 Å². The smallest absolute Gasteiger partial charge is 0.156 e. The highest BCUT2D eigenvalue weighted by Gasteiger charge is 2.07. The number of rotatable bonds is 2. The summed E-state index contributed by atoms with van der Waals surface area (Å²) < 4.78 is 1.81. The van der Waals surface area contributed by atoms with Gasteiger partial charge in [-0.05, 0) is 7.05 Å². The molecule has 0 aliphatic rings. The molecule has 0 atom stereocenters. The molecule has 2 heterocycles. The number of fused-ring (bicyclic) bond motifs is 1. The first-order chi connectivity index (χ1) is 6.33. The molecule has 13 heavy (non-hydrogen) atoms. The van der Waals surface area contributed by atoms with Crippen molar-refractivity contribution in [2.45, 2.75) is 6.54 Å². The van der Waals surface area contributed by atoms with Crippen molar-refractivity contribution < 1.29 is 0 Å². The molecule has 0 saturated heterocycles. The molecule has 0 aliphatic heterocycles. The molecule has 0 amide bonds. The Labute approximate surface area is 80.6 Å². The molecule has 0 radical (unpaired) electrons. The van der Waals surface area contributed by atoms with Crippen LogP contribution in [0.3, 0.4) is 0 Å². The van der Waals surface area contributed by atoms with Gasteiger partial charge in [-0.25, -0.2) is 4.98 Å². The van der Waals surface area contributed by atoms with Crippen molar-refractivity contribution >= 4 is 17.2 Å². The summed E-state index contributed by atoms with van der Waals surface area (Å²) >= 11 is 6.07. The molecule has 0 aliphatic carbocycles. The highest BCUT2D eigenvalue weighted by Crippen LogP contribution is 2.16. The van der Waals surface area contributed by atoms with Gasteiger partial charge < -0.3 is 5.32 Å². The van der Waals surface area contributed by atoms with E-state index >= 15 is 0 Å². The molecule has 0 unspecified atom stereocenters. The van der Waals surface area contributed by atoms with Crippen molar-refractivity contribution in [3.63, 3.8) is 0 Å². The number of halogens is 1. The molecule has 0 aromatic carbocycles. The summed E-state index contributed by atoms with van der Waals surface area (Å²) in [7, 11) is 1.86. The Balaban J connectivity index is 2.60. The first-order valence-electron chi connectivity index (χ1n) is 3.94. The third-order valence-corrected chi connectivity index (χ3v) is 2.18. The summed E-state index contributed by atoms with van der Waals surface area (Å²) in [5.41, 5.74) is 1.62. The van der Waals surface area contributed by atoms with Crippen molar-refractivity contribution in [2.24, 2.45) is 0 Å². The molecule has 0 bridgehead atoms. The fourth-order valence-corrected chi connectivity index (χ4v) is 1.46. The molecule has 2 rings (SSSR count). The third kappa shape index (κ3) is 1.38. The van der Waals surface area contributed by atoms with E-state index in [-0.39, 0.29) is 0 Å². The number of aromatic nitrogens is 3. The molecule has 0 saturated carbocycles. The first-order valence-corrected chi connectivity index (χ1v) is 4.32. The van der Waals surface area contributed by atoms with Gasteiger partial charge in [-0.1, -0.05) is 11.6 Å². The van der Waals surface area contributed by atoms with Crippen LogP contribution in [0.2, 0.25) is 5.15 Å². The normalized spacial score (nSPS) is 10.9. The van der Waals surface area contributed by atoms with Crippen LogP contribution in [-0.2, 0) is 6.54 Å². The second-order valence-electron chi connectivity index (χ2n) is 2.68. The Kier molecular flexibility index (Phi) is 2.16. The molecule has 0 fully saturated rings. The van der Waals surface area contributed by atoms with Crippen LogP contribution in [0.1, 0.15) is 5.69 Å². The van der Waals surface area contributed by atoms with Crippen LogP contribution in [0.15, 0.2) is 18.6 Å². The van der Waals surface area contributed by atoms with Gasteiger partial charge in [0.2, 0.25) is 0 Å². The summed E-state index contributed by atoms with van der Waals surface area (Å²) in [5.74, 6) is 0. The van der Waals surface area contributed by atoms with Gasteiger partial charge >= 0.3 is 0 Å². The standard InChI is InChI=1S/C8H9ClN4/c1-10-4-6-8(9)13-3-2-11-5-7(13)12-6/h2-3,5,10H,4H2,1H3. The van der Waals surface area contributed by atoms with Gasteiger partial charge in [0, 0.05) is 18.9 Å². The SMILES string of the molecule is CNCc1nc2cnccn2c1Cl. The molecular formula is C8H9ClN4. The molecule has 1 N–H and O–H groups in total. The second kappa shape index (κ2) is 3.32. The van der Waals surface area contributed by atoms with Crippen molar-refractivity contribution in [3.8, 4) is 0 Å². The number of hydrogen-bond donors (Lipinski definition) is 1. The lowest BCUT2D eigenvalue weighted by molar-refractivity contribution is 0.798. The van der Waals surface area contributed by atoms with E-state index in [4.69, 9.17) is 11.6 Å². The summed E-state index contributed by atoms with van der Waals surface area (Å²) in [6.45, 7) is 0.667. The van der Waals surface area contributed by atoms with Crippen molar-refractivity contribution in [1.29, 1.82) is 0 Å². The van der Waals surface area contributed by atoms with E-state index in [2.05, 4.69) is 15.3 Å². The monoisotopic (exact) mass is 196 g/mol. The molecule has 2 aromatic heterocycles. The van der Waals surface area contributed by atoms with Gasteiger partial charge in [0.1, 0.15) is 5.15 Å². The quantitative estimate of drug-likeness (QED) is 0.782. The Hall–Kier alpha value is -1.13. The van der Waals surface area contributed by atoms with Crippen LogP contribution in [0.4, 0.5) is 0 Å². The van der Waals surface area contributed by atoms with Crippen molar-refractivity contribution in [1.82, 2.24) is 19.7 Å². The summed E-state index contributed by atoms with van der Waals surface area (Å²) in [6.07, 6.45) is 5.17. The maximum atomic E-state index is 6.07.